The number of ether oxygens (including phenoxy) is 2. The van der Waals surface area contributed by atoms with Gasteiger partial charge < -0.3 is 20.1 Å². The standard InChI is InChI=1S/C34H45N5O5/c1-32(2,3)24-44-30(41)34(16-11-17-35-29(34)40)19-26-18-28-37-27(22-39(28)36-21-26)20-33(14-9-4-5-10-15-33)38-31(42)43-23-25-12-7-6-8-13-25/h6-8,12-13,18,21-22H,4-5,9-11,14-17,19-20,23-24H2,1-3H3,(H,35,40)(H,38,42)/t34-/m0/s1. The molecule has 2 aliphatic rings. The van der Waals surface area contributed by atoms with Crippen molar-refractivity contribution in [2.24, 2.45) is 10.8 Å². The quantitative estimate of drug-likeness (QED) is 0.193. The molecule has 2 fully saturated rings. The molecule has 0 radical (unpaired) electrons. The minimum Gasteiger partial charge on any atom is -0.464 e. The Kier molecular flexibility index (Phi) is 9.56. The van der Waals surface area contributed by atoms with Gasteiger partial charge in [0.1, 0.15) is 6.61 Å². The Labute approximate surface area is 259 Å². The topological polar surface area (TPSA) is 124 Å². The Morgan fingerprint density at radius 2 is 1.73 bits per heavy atom. The van der Waals surface area contributed by atoms with Gasteiger partial charge in [0.2, 0.25) is 5.91 Å². The van der Waals surface area contributed by atoms with Crippen LogP contribution in [0.5, 0.6) is 0 Å². The number of piperidine rings is 1. The van der Waals surface area contributed by atoms with Crippen LogP contribution in [0, 0.1) is 10.8 Å². The largest absolute Gasteiger partial charge is 0.464 e. The molecule has 236 valence electrons. The molecule has 44 heavy (non-hydrogen) atoms. The Hall–Kier alpha value is -3.95. The van der Waals surface area contributed by atoms with Gasteiger partial charge in [-0.2, -0.15) is 5.10 Å². The Bertz CT molecular complexity index is 1460. The molecule has 5 rings (SSSR count). The molecular weight excluding hydrogens is 558 g/mol. The van der Waals surface area contributed by atoms with Crippen LogP contribution in [0.25, 0.3) is 5.65 Å². The van der Waals surface area contributed by atoms with Crippen molar-refractivity contribution < 1.29 is 23.9 Å². The van der Waals surface area contributed by atoms with Gasteiger partial charge in [0.05, 0.1) is 24.7 Å². The molecule has 3 heterocycles. The van der Waals surface area contributed by atoms with Gasteiger partial charge in [-0.25, -0.2) is 14.3 Å². The minimum atomic E-state index is -1.30. The number of carbonyl (C=O) groups excluding carboxylic acids is 3. The van der Waals surface area contributed by atoms with Gasteiger partial charge in [0.25, 0.3) is 0 Å². The van der Waals surface area contributed by atoms with Crippen LogP contribution in [0.2, 0.25) is 0 Å². The van der Waals surface area contributed by atoms with Gasteiger partial charge in [0.15, 0.2) is 11.1 Å². The first-order valence-corrected chi connectivity index (χ1v) is 15.8. The maximum absolute atomic E-state index is 13.4. The van der Waals surface area contributed by atoms with Crippen molar-refractivity contribution in [3.05, 3.63) is 65.6 Å². The highest BCUT2D eigenvalue weighted by molar-refractivity contribution is 6.03. The first-order chi connectivity index (χ1) is 21.1. The zero-order valence-electron chi connectivity index (χ0n) is 26.2. The number of benzene rings is 1. The van der Waals surface area contributed by atoms with Crippen molar-refractivity contribution in [3.8, 4) is 0 Å². The molecule has 2 amide bonds. The van der Waals surface area contributed by atoms with E-state index >= 15 is 0 Å². The molecule has 1 saturated carbocycles. The van der Waals surface area contributed by atoms with E-state index in [9.17, 15) is 14.4 Å². The molecule has 2 aromatic heterocycles. The lowest BCUT2D eigenvalue weighted by atomic mass is 9.75. The van der Waals surface area contributed by atoms with Crippen molar-refractivity contribution in [1.29, 1.82) is 0 Å². The molecule has 0 unspecified atom stereocenters. The number of hydrogen-bond donors (Lipinski definition) is 2. The van der Waals surface area contributed by atoms with E-state index in [2.05, 4.69) is 15.7 Å². The van der Waals surface area contributed by atoms with Crippen molar-refractivity contribution >= 4 is 23.6 Å². The highest BCUT2D eigenvalue weighted by atomic mass is 16.5. The van der Waals surface area contributed by atoms with Crippen molar-refractivity contribution in [2.45, 2.75) is 97.1 Å². The zero-order chi connectivity index (χ0) is 31.2. The van der Waals surface area contributed by atoms with Crippen LogP contribution in [0.15, 0.2) is 48.8 Å². The van der Waals surface area contributed by atoms with Crippen LogP contribution >= 0.6 is 0 Å². The van der Waals surface area contributed by atoms with Gasteiger partial charge in [-0.05, 0) is 54.7 Å². The number of nitrogens with one attached hydrogen (secondary N) is 2. The molecule has 3 aromatic rings. The highest BCUT2D eigenvalue weighted by Crippen LogP contribution is 2.35. The zero-order valence-corrected chi connectivity index (χ0v) is 26.2. The van der Waals surface area contributed by atoms with E-state index in [1.807, 2.05) is 63.4 Å². The Morgan fingerprint density at radius 1 is 0.977 bits per heavy atom. The third-order valence-electron chi connectivity index (χ3n) is 8.62. The summed E-state index contributed by atoms with van der Waals surface area (Å²) in [7, 11) is 0. The number of imidazole rings is 1. The van der Waals surface area contributed by atoms with Crippen LogP contribution in [0.3, 0.4) is 0 Å². The molecule has 1 aliphatic carbocycles. The van der Waals surface area contributed by atoms with Gasteiger partial charge in [-0.3, -0.25) is 9.59 Å². The van der Waals surface area contributed by atoms with Crippen LogP contribution < -0.4 is 10.6 Å². The SMILES string of the molecule is CC(C)(C)COC(=O)[C@]1(Cc2cnn3cc(CC4(NC(=O)OCc5ccccc5)CCCCCC4)nc3c2)CCCNC1=O. The molecule has 2 N–H and O–H groups in total. The van der Waals surface area contributed by atoms with E-state index in [0.29, 0.717) is 31.5 Å². The van der Waals surface area contributed by atoms with Gasteiger partial charge in [-0.1, -0.05) is 76.8 Å². The van der Waals surface area contributed by atoms with E-state index in [1.165, 1.54) is 0 Å². The summed E-state index contributed by atoms with van der Waals surface area (Å²) in [6, 6.07) is 11.5. The Balaban J connectivity index is 1.33. The summed E-state index contributed by atoms with van der Waals surface area (Å²) in [5.41, 5.74) is 1.15. The lowest BCUT2D eigenvalue weighted by molar-refractivity contribution is -0.165. The summed E-state index contributed by atoms with van der Waals surface area (Å²) in [5, 5.41) is 10.7. The maximum Gasteiger partial charge on any atom is 0.407 e. The molecule has 10 heteroatoms. The number of carbonyl (C=O) groups is 3. The average Bonchev–Trinajstić information content (AvgIpc) is 3.24. The smallest absolute Gasteiger partial charge is 0.407 e. The lowest BCUT2D eigenvalue weighted by Gasteiger charge is -2.34. The second kappa shape index (κ2) is 13.4. The molecular formula is C34H45N5O5. The summed E-state index contributed by atoms with van der Waals surface area (Å²) >= 11 is 0. The monoisotopic (exact) mass is 603 g/mol. The van der Waals surface area contributed by atoms with E-state index in [4.69, 9.17) is 14.5 Å². The van der Waals surface area contributed by atoms with E-state index in [1.54, 1.807) is 10.7 Å². The Morgan fingerprint density at radius 3 is 2.43 bits per heavy atom. The predicted octanol–water partition coefficient (Wildman–Crippen LogP) is 5.32. The number of rotatable bonds is 9. The first kappa shape index (κ1) is 31.5. The van der Waals surface area contributed by atoms with Crippen molar-refractivity contribution in [2.75, 3.05) is 13.2 Å². The van der Waals surface area contributed by atoms with E-state index < -0.39 is 23.0 Å². The molecule has 10 nitrogen and oxygen atoms in total. The fourth-order valence-corrected chi connectivity index (χ4v) is 6.30. The number of alkyl carbamates (subject to hydrolysis) is 1. The average molecular weight is 604 g/mol. The van der Waals surface area contributed by atoms with E-state index in [-0.39, 0.29) is 31.0 Å². The van der Waals surface area contributed by atoms with Crippen LogP contribution in [0.4, 0.5) is 4.79 Å². The number of fused-ring (bicyclic) bond motifs is 1. The number of amides is 2. The van der Waals surface area contributed by atoms with Gasteiger partial charge in [0, 0.05) is 18.5 Å². The lowest BCUT2D eigenvalue weighted by Crippen LogP contribution is -2.53. The number of hydrogen-bond acceptors (Lipinski definition) is 7. The summed E-state index contributed by atoms with van der Waals surface area (Å²) in [5.74, 6) is -0.791. The minimum absolute atomic E-state index is 0.187. The van der Waals surface area contributed by atoms with Gasteiger partial charge >= 0.3 is 12.1 Å². The predicted molar refractivity (Wildman–Crippen MR) is 166 cm³/mol. The molecule has 1 atom stereocenters. The second-order valence-electron chi connectivity index (χ2n) is 13.7. The van der Waals surface area contributed by atoms with Crippen molar-refractivity contribution in [3.63, 3.8) is 0 Å². The molecule has 1 aliphatic heterocycles. The van der Waals surface area contributed by atoms with Gasteiger partial charge in [-0.15, -0.1) is 0 Å². The number of aromatic nitrogens is 3. The third-order valence-corrected chi connectivity index (χ3v) is 8.62. The third kappa shape index (κ3) is 7.76. The number of esters is 1. The normalized spacial score (nSPS) is 20.4. The van der Waals surface area contributed by atoms with Crippen molar-refractivity contribution in [1.82, 2.24) is 25.2 Å². The van der Waals surface area contributed by atoms with Crippen LogP contribution in [-0.4, -0.2) is 51.3 Å². The summed E-state index contributed by atoms with van der Waals surface area (Å²) in [6.45, 7) is 6.96. The molecule has 0 bridgehead atoms. The molecule has 1 aromatic carbocycles. The van der Waals surface area contributed by atoms with Crippen LogP contribution in [0.1, 0.15) is 89.0 Å². The number of nitrogens with zero attached hydrogens (tertiary/aromatic N) is 3. The fraction of sp³-hybridized carbons (Fsp3) is 0.559. The molecule has 1 saturated heterocycles. The fourth-order valence-electron chi connectivity index (χ4n) is 6.30. The summed E-state index contributed by atoms with van der Waals surface area (Å²) in [4.78, 5) is 44.4. The first-order valence-electron chi connectivity index (χ1n) is 15.8. The van der Waals surface area contributed by atoms with E-state index in [0.717, 1.165) is 55.3 Å². The highest BCUT2D eigenvalue weighted by Gasteiger charge is 2.49. The maximum atomic E-state index is 13.4. The molecule has 0 spiro atoms. The van der Waals surface area contributed by atoms with Crippen LogP contribution in [-0.2, 0) is 38.5 Å². The summed E-state index contributed by atoms with van der Waals surface area (Å²) < 4.78 is 13.0. The summed E-state index contributed by atoms with van der Waals surface area (Å²) in [6.07, 6.45) is 11.0. The second-order valence-corrected chi connectivity index (χ2v) is 13.7.